The number of H-pyrrole nitrogens is 1. The van der Waals surface area contributed by atoms with Gasteiger partial charge in [0.15, 0.2) is 6.61 Å². The second kappa shape index (κ2) is 6.91. The number of nitrogens with one attached hydrogen (secondary N) is 1. The summed E-state index contributed by atoms with van der Waals surface area (Å²) in [6, 6.07) is 3.38. The van der Waals surface area contributed by atoms with Crippen LogP contribution in [0.1, 0.15) is 34.8 Å². The fourth-order valence-electron chi connectivity index (χ4n) is 4.27. The number of amides is 1. The highest BCUT2D eigenvalue weighted by Gasteiger charge is 2.24. The first kappa shape index (κ1) is 18.2. The SMILES string of the molecule is Cc1nc2c([nH]1)CN(C(=O)COc1cc3oc(=O)c4c(c3cc1Cl)CCC4)CC2. The molecule has 1 amide bonds. The number of aryl methyl sites for hydroxylation is 2. The third-order valence-corrected chi connectivity index (χ3v) is 5.98. The van der Waals surface area contributed by atoms with Crippen LogP contribution < -0.4 is 10.4 Å². The molecule has 2 aliphatic rings. The molecule has 0 bridgehead atoms. The van der Waals surface area contributed by atoms with Crippen molar-refractivity contribution in [2.24, 2.45) is 0 Å². The van der Waals surface area contributed by atoms with Gasteiger partial charge in [0.25, 0.3) is 5.91 Å². The molecular weight excluding hydrogens is 394 g/mol. The molecular formula is C21H20ClN3O4. The first-order valence-corrected chi connectivity index (χ1v) is 10.1. The summed E-state index contributed by atoms with van der Waals surface area (Å²) in [6.45, 7) is 2.86. The highest BCUT2D eigenvalue weighted by Crippen LogP contribution is 2.34. The van der Waals surface area contributed by atoms with Gasteiger partial charge in [0.2, 0.25) is 0 Å². The van der Waals surface area contributed by atoms with E-state index in [2.05, 4.69) is 9.97 Å². The molecule has 2 aromatic heterocycles. The zero-order chi connectivity index (χ0) is 20.1. The Morgan fingerprint density at radius 3 is 3.00 bits per heavy atom. The van der Waals surface area contributed by atoms with Crippen molar-refractivity contribution in [1.29, 1.82) is 0 Å². The largest absolute Gasteiger partial charge is 0.482 e. The van der Waals surface area contributed by atoms with Crippen LogP contribution in [0.25, 0.3) is 11.0 Å². The first-order chi connectivity index (χ1) is 14.0. The van der Waals surface area contributed by atoms with Gasteiger partial charge in [0, 0.05) is 30.0 Å². The van der Waals surface area contributed by atoms with Crippen LogP contribution >= 0.6 is 11.6 Å². The van der Waals surface area contributed by atoms with Gasteiger partial charge in [-0.25, -0.2) is 9.78 Å². The molecule has 0 radical (unpaired) electrons. The smallest absolute Gasteiger partial charge is 0.339 e. The standard InChI is InChI=1S/C21H20ClN3O4/c1-11-23-16-5-6-25(9-17(16)24-11)20(26)10-28-19-8-18-14(7-15(19)22)12-3-2-4-13(12)21(27)29-18/h7-8H,2-6,9-10H2,1H3,(H,23,24). The summed E-state index contributed by atoms with van der Waals surface area (Å²) < 4.78 is 11.2. The molecule has 1 aromatic carbocycles. The van der Waals surface area contributed by atoms with Crippen molar-refractivity contribution in [2.75, 3.05) is 13.2 Å². The monoisotopic (exact) mass is 413 g/mol. The van der Waals surface area contributed by atoms with E-state index in [1.165, 1.54) is 0 Å². The van der Waals surface area contributed by atoms with Gasteiger partial charge >= 0.3 is 5.63 Å². The molecule has 150 valence electrons. The molecule has 0 fully saturated rings. The lowest BCUT2D eigenvalue weighted by Crippen LogP contribution is -2.38. The van der Waals surface area contributed by atoms with E-state index >= 15 is 0 Å². The summed E-state index contributed by atoms with van der Waals surface area (Å²) in [4.78, 5) is 34.2. The third-order valence-electron chi connectivity index (χ3n) is 5.68. The number of carbonyl (C=O) groups excluding carboxylic acids is 1. The van der Waals surface area contributed by atoms with Crippen LogP contribution in [-0.4, -0.2) is 33.9 Å². The van der Waals surface area contributed by atoms with Crippen LogP contribution in [-0.2, 0) is 30.6 Å². The number of aromatic amines is 1. The van der Waals surface area contributed by atoms with Gasteiger partial charge < -0.3 is 19.0 Å². The third kappa shape index (κ3) is 3.19. The number of imidazole rings is 1. The minimum absolute atomic E-state index is 0.130. The number of fused-ring (bicyclic) bond motifs is 4. The van der Waals surface area contributed by atoms with E-state index in [4.69, 9.17) is 20.8 Å². The Morgan fingerprint density at radius 1 is 1.31 bits per heavy atom. The Morgan fingerprint density at radius 2 is 2.14 bits per heavy atom. The molecule has 0 unspecified atom stereocenters. The van der Waals surface area contributed by atoms with Crippen LogP contribution in [0, 0.1) is 6.92 Å². The number of nitrogens with zero attached hydrogens (tertiary/aromatic N) is 2. The number of carbonyl (C=O) groups is 1. The molecule has 0 atom stereocenters. The lowest BCUT2D eigenvalue weighted by Gasteiger charge is -2.26. The number of ether oxygens (including phenoxy) is 1. The average Bonchev–Trinajstić information content (AvgIpc) is 3.32. The minimum atomic E-state index is -0.298. The second-order valence-electron chi connectivity index (χ2n) is 7.58. The minimum Gasteiger partial charge on any atom is -0.482 e. The predicted molar refractivity (Wildman–Crippen MR) is 107 cm³/mol. The number of hydrogen-bond acceptors (Lipinski definition) is 5. The molecule has 7 nitrogen and oxygen atoms in total. The van der Waals surface area contributed by atoms with Gasteiger partial charge in [0.1, 0.15) is 17.2 Å². The zero-order valence-electron chi connectivity index (χ0n) is 16.0. The second-order valence-corrected chi connectivity index (χ2v) is 7.99. The Bertz CT molecular complexity index is 1200. The highest BCUT2D eigenvalue weighted by atomic mass is 35.5. The maximum Gasteiger partial charge on any atom is 0.339 e. The molecule has 3 heterocycles. The van der Waals surface area contributed by atoms with E-state index in [1.807, 2.05) is 6.92 Å². The van der Waals surface area contributed by atoms with Crippen LogP contribution in [0.15, 0.2) is 21.3 Å². The zero-order valence-corrected chi connectivity index (χ0v) is 16.8. The summed E-state index contributed by atoms with van der Waals surface area (Å²) in [5, 5.41) is 1.25. The average molecular weight is 414 g/mol. The number of halogens is 1. The number of aromatic nitrogens is 2. The molecule has 0 saturated heterocycles. The molecule has 1 N–H and O–H groups in total. The number of rotatable bonds is 3. The van der Waals surface area contributed by atoms with Crippen molar-refractivity contribution in [1.82, 2.24) is 14.9 Å². The Kier molecular flexibility index (Phi) is 4.35. The molecule has 5 rings (SSSR count). The Balaban J connectivity index is 1.34. The maximum absolute atomic E-state index is 12.6. The Labute approximate surface area is 171 Å². The topological polar surface area (TPSA) is 88.4 Å². The van der Waals surface area contributed by atoms with Crippen molar-refractivity contribution in [3.8, 4) is 5.75 Å². The van der Waals surface area contributed by atoms with Crippen molar-refractivity contribution < 1.29 is 13.9 Å². The number of hydrogen-bond donors (Lipinski definition) is 1. The van der Waals surface area contributed by atoms with Gasteiger partial charge in [-0.3, -0.25) is 4.79 Å². The van der Waals surface area contributed by atoms with Crippen LogP contribution in [0.3, 0.4) is 0 Å². The molecule has 29 heavy (non-hydrogen) atoms. The van der Waals surface area contributed by atoms with Gasteiger partial charge in [-0.2, -0.15) is 0 Å². The quantitative estimate of drug-likeness (QED) is 0.667. The number of benzene rings is 1. The van der Waals surface area contributed by atoms with E-state index in [-0.39, 0.29) is 18.1 Å². The summed E-state index contributed by atoms with van der Waals surface area (Å²) in [5.74, 6) is 1.06. The lowest BCUT2D eigenvalue weighted by atomic mass is 10.1. The summed E-state index contributed by atoms with van der Waals surface area (Å²) in [6.07, 6.45) is 3.25. The summed E-state index contributed by atoms with van der Waals surface area (Å²) in [5.41, 5.74) is 3.90. The van der Waals surface area contributed by atoms with Crippen LogP contribution in [0.4, 0.5) is 0 Å². The van der Waals surface area contributed by atoms with E-state index in [0.29, 0.717) is 29.4 Å². The van der Waals surface area contributed by atoms with Gasteiger partial charge in [-0.15, -0.1) is 0 Å². The lowest BCUT2D eigenvalue weighted by molar-refractivity contribution is -0.134. The molecule has 0 saturated carbocycles. The normalized spacial score (nSPS) is 15.4. The van der Waals surface area contributed by atoms with Gasteiger partial charge in [-0.1, -0.05) is 11.6 Å². The molecule has 0 spiro atoms. The van der Waals surface area contributed by atoms with Crippen molar-refractivity contribution in [2.45, 2.75) is 39.2 Å². The van der Waals surface area contributed by atoms with E-state index in [9.17, 15) is 9.59 Å². The molecule has 3 aromatic rings. The van der Waals surface area contributed by atoms with Gasteiger partial charge in [0.05, 0.1) is 23.0 Å². The molecule has 1 aliphatic heterocycles. The highest BCUT2D eigenvalue weighted by molar-refractivity contribution is 6.32. The van der Waals surface area contributed by atoms with Crippen LogP contribution in [0.2, 0.25) is 5.02 Å². The fraction of sp³-hybridized carbons (Fsp3) is 0.381. The molecule has 8 heteroatoms. The van der Waals surface area contributed by atoms with Crippen molar-refractivity contribution in [3.05, 3.63) is 55.9 Å². The van der Waals surface area contributed by atoms with Crippen molar-refractivity contribution in [3.63, 3.8) is 0 Å². The van der Waals surface area contributed by atoms with E-state index in [0.717, 1.165) is 59.4 Å². The van der Waals surface area contributed by atoms with E-state index in [1.54, 1.807) is 17.0 Å². The first-order valence-electron chi connectivity index (χ1n) is 9.72. The molecule has 1 aliphatic carbocycles. The summed E-state index contributed by atoms with van der Waals surface area (Å²) >= 11 is 6.40. The van der Waals surface area contributed by atoms with Crippen LogP contribution in [0.5, 0.6) is 5.75 Å². The fourth-order valence-corrected chi connectivity index (χ4v) is 4.49. The predicted octanol–water partition coefficient (Wildman–Crippen LogP) is 2.93. The summed E-state index contributed by atoms with van der Waals surface area (Å²) in [7, 11) is 0. The maximum atomic E-state index is 12.6. The Hall–Kier alpha value is -2.80. The van der Waals surface area contributed by atoms with Crippen molar-refractivity contribution >= 4 is 28.5 Å². The van der Waals surface area contributed by atoms with E-state index < -0.39 is 0 Å². The van der Waals surface area contributed by atoms with Gasteiger partial charge in [-0.05, 0) is 37.8 Å².